The Morgan fingerprint density at radius 1 is 1.09 bits per heavy atom. The molecule has 2 aromatic carbocycles. The van der Waals surface area contributed by atoms with E-state index in [9.17, 15) is 9.59 Å². The molecular weight excluding hydrogens is 471 g/mol. The Labute approximate surface area is 210 Å². The molecule has 6 nitrogen and oxygen atoms in total. The van der Waals surface area contributed by atoms with Crippen LogP contribution in [0, 0.1) is 6.92 Å². The van der Waals surface area contributed by atoms with Crippen LogP contribution in [0.4, 0.5) is 5.82 Å². The van der Waals surface area contributed by atoms with E-state index in [4.69, 9.17) is 28.3 Å². The van der Waals surface area contributed by atoms with Crippen molar-refractivity contribution in [2.24, 2.45) is 0 Å². The molecular formula is C26H30Cl2N4O2. The second-order valence-electron chi connectivity index (χ2n) is 9.56. The molecule has 1 N–H and O–H groups in total. The van der Waals surface area contributed by atoms with Crippen molar-refractivity contribution in [2.75, 3.05) is 11.9 Å². The number of anilines is 1. The highest BCUT2D eigenvalue weighted by Gasteiger charge is 2.26. The largest absolute Gasteiger partial charge is 0.327 e. The topological polar surface area (TPSA) is 67.2 Å². The third kappa shape index (κ3) is 5.80. The van der Waals surface area contributed by atoms with Crippen molar-refractivity contribution in [3.05, 3.63) is 75.4 Å². The number of rotatable bonds is 6. The second-order valence-corrected chi connectivity index (χ2v) is 10.4. The number of para-hydroxylation sites is 1. The molecule has 0 atom stereocenters. The minimum Gasteiger partial charge on any atom is -0.327 e. The first kappa shape index (κ1) is 25.8. The molecule has 0 aliphatic rings. The minimum absolute atomic E-state index is 0.140. The van der Waals surface area contributed by atoms with Gasteiger partial charge in [0.1, 0.15) is 12.4 Å². The maximum absolute atomic E-state index is 13.2. The molecule has 2 amide bonds. The maximum Gasteiger partial charge on any atom is 0.256 e. The number of carbonyl (C=O) groups is 2. The van der Waals surface area contributed by atoms with Crippen molar-refractivity contribution < 1.29 is 9.59 Å². The van der Waals surface area contributed by atoms with E-state index in [-0.39, 0.29) is 34.8 Å². The summed E-state index contributed by atoms with van der Waals surface area (Å²) in [6, 6.07) is 14.2. The fourth-order valence-corrected chi connectivity index (χ4v) is 3.95. The summed E-state index contributed by atoms with van der Waals surface area (Å²) in [5, 5.41) is 8.42. The molecule has 0 saturated carbocycles. The van der Waals surface area contributed by atoms with Gasteiger partial charge in [-0.05, 0) is 50.6 Å². The zero-order chi connectivity index (χ0) is 25.2. The van der Waals surface area contributed by atoms with Crippen molar-refractivity contribution in [2.45, 2.75) is 53.0 Å². The summed E-state index contributed by atoms with van der Waals surface area (Å²) in [6.07, 6.45) is 0. The normalized spacial score (nSPS) is 11.6. The van der Waals surface area contributed by atoms with E-state index in [0.717, 1.165) is 16.9 Å². The van der Waals surface area contributed by atoms with Gasteiger partial charge in [0.2, 0.25) is 5.91 Å². The molecule has 1 heterocycles. The lowest BCUT2D eigenvalue weighted by Gasteiger charge is -2.26. The summed E-state index contributed by atoms with van der Waals surface area (Å²) >= 11 is 12.2. The number of benzene rings is 2. The lowest BCUT2D eigenvalue weighted by molar-refractivity contribution is -0.117. The van der Waals surface area contributed by atoms with Crippen LogP contribution in [0.2, 0.25) is 10.0 Å². The first-order valence-corrected chi connectivity index (χ1v) is 11.9. The van der Waals surface area contributed by atoms with Gasteiger partial charge in [-0.15, -0.1) is 0 Å². The van der Waals surface area contributed by atoms with Gasteiger partial charge in [0, 0.05) is 22.5 Å². The van der Waals surface area contributed by atoms with Gasteiger partial charge in [0.25, 0.3) is 5.91 Å². The van der Waals surface area contributed by atoms with Crippen LogP contribution in [0.5, 0.6) is 0 Å². The van der Waals surface area contributed by atoms with Gasteiger partial charge in [-0.25, -0.2) is 4.68 Å². The highest BCUT2D eigenvalue weighted by molar-refractivity contribution is 6.36. The van der Waals surface area contributed by atoms with E-state index in [2.05, 4.69) is 26.1 Å². The number of carbonyl (C=O) groups excluding carboxylic acids is 2. The van der Waals surface area contributed by atoms with Crippen molar-refractivity contribution in [3.63, 3.8) is 0 Å². The summed E-state index contributed by atoms with van der Waals surface area (Å²) in [5.74, 6) is -0.123. The van der Waals surface area contributed by atoms with Crippen LogP contribution in [0.25, 0.3) is 5.69 Å². The van der Waals surface area contributed by atoms with E-state index in [0.29, 0.717) is 16.4 Å². The molecule has 0 bridgehead atoms. The highest BCUT2D eigenvalue weighted by atomic mass is 35.5. The number of nitrogens with one attached hydrogen (secondary N) is 1. The fourth-order valence-electron chi connectivity index (χ4n) is 3.46. The summed E-state index contributed by atoms with van der Waals surface area (Å²) in [4.78, 5) is 27.8. The Morgan fingerprint density at radius 2 is 1.76 bits per heavy atom. The van der Waals surface area contributed by atoms with Crippen molar-refractivity contribution in [1.82, 2.24) is 14.7 Å². The molecule has 0 fully saturated rings. The summed E-state index contributed by atoms with van der Waals surface area (Å²) in [7, 11) is 0. The van der Waals surface area contributed by atoms with E-state index in [1.54, 1.807) is 16.8 Å². The van der Waals surface area contributed by atoms with Crippen LogP contribution < -0.4 is 5.32 Å². The third-order valence-electron chi connectivity index (χ3n) is 5.45. The number of hydrogen-bond acceptors (Lipinski definition) is 3. The van der Waals surface area contributed by atoms with Gasteiger partial charge in [0.15, 0.2) is 0 Å². The average Bonchev–Trinajstić information content (AvgIpc) is 3.15. The van der Waals surface area contributed by atoms with Crippen LogP contribution in [-0.2, 0) is 10.2 Å². The van der Waals surface area contributed by atoms with Crippen LogP contribution in [0.3, 0.4) is 0 Å². The number of aryl methyl sites for hydroxylation is 1. The molecule has 0 aliphatic heterocycles. The van der Waals surface area contributed by atoms with Crippen LogP contribution >= 0.6 is 23.2 Å². The number of halogens is 2. The molecule has 3 rings (SSSR count). The lowest BCUT2D eigenvalue weighted by Crippen LogP contribution is -2.42. The first-order chi connectivity index (χ1) is 15.9. The second kappa shape index (κ2) is 10.2. The average molecular weight is 501 g/mol. The Balaban J connectivity index is 1.90. The van der Waals surface area contributed by atoms with Gasteiger partial charge >= 0.3 is 0 Å². The number of aromatic nitrogens is 2. The third-order valence-corrected chi connectivity index (χ3v) is 6.00. The fraction of sp³-hybridized carbons (Fsp3) is 0.346. The van der Waals surface area contributed by atoms with E-state index >= 15 is 0 Å². The van der Waals surface area contributed by atoms with E-state index < -0.39 is 0 Å². The van der Waals surface area contributed by atoms with Gasteiger partial charge in [0.05, 0.1) is 22.0 Å². The summed E-state index contributed by atoms with van der Waals surface area (Å²) < 4.78 is 1.74. The highest BCUT2D eigenvalue weighted by Crippen LogP contribution is 2.28. The Kier molecular flexibility index (Phi) is 7.74. The van der Waals surface area contributed by atoms with Crippen LogP contribution in [0.1, 0.15) is 56.2 Å². The Bertz CT molecular complexity index is 1210. The molecule has 0 aliphatic carbocycles. The van der Waals surface area contributed by atoms with E-state index in [1.165, 1.54) is 11.0 Å². The van der Waals surface area contributed by atoms with Gasteiger partial charge in [-0.2, -0.15) is 5.10 Å². The van der Waals surface area contributed by atoms with Crippen molar-refractivity contribution in [3.8, 4) is 5.69 Å². The zero-order valence-corrected chi connectivity index (χ0v) is 21.8. The molecule has 0 radical (unpaired) electrons. The minimum atomic E-state index is -0.338. The monoisotopic (exact) mass is 500 g/mol. The Morgan fingerprint density at radius 3 is 2.35 bits per heavy atom. The molecule has 0 spiro atoms. The number of hydrogen-bond donors (Lipinski definition) is 1. The van der Waals surface area contributed by atoms with Crippen LogP contribution in [0.15, 0.2) is 48.5 Å². The quantitative estimate of drug-likeness (QED) is 0.433. The summed E-state index contributed by atoms with van der Waals surface area (Å²) in [5.41, 5.74) is 2.83. The number of amides is 2. The van der Waals surface area contributed by atoms with Gasteiger partial charge in [-0.1, -0.05) is 62.2 Å². The van der Waals surface area contributed by atoms with Crippen molar-refractivity contribution in [1.29, 1.82) is 0 Å². The SMILES string of the molecule is Cc1ccccc1-n1nc(C(C)(C)C)cc1NC(=O)CN(C(=O)c1ccc(Cl)cc1Cl)C(C)C. The Hall–Kier alpha value is -2.83. The molecule has 1 aromatic heterocycles. The van der Waals surface area contributed by atoms with Crippen molar-refractivity contribution >= 4 is 40.8 Å². The van der Waals surface area contributed by atoms with Crippen LogP contribution in [-0.4, -0.2) is 39.1 Å². The molecule has 0 unspecified atom stereocenters. The zero-order valence-electron chi connectivity index (χ0n) is 20.3. The number of nitrogens with zero attached hydrogens (tertiary/aromatic N) is 3. The molecule has 34 heavy (non-hydrogen) atoms. The molecule has 8 heteroatoms. The lowest BCUT2D eigenvalue weighted by atomic mass is 9.92. The smallest absolute Gasteiger partial charge is 0.256 e. The maximum atomic E-state index is 13.2. The predicted molar refractivity (Wildman–Crippen MR) is 138 cm³/mol. The first-order valence-electron chi connectivity index (χ1n) is 11.1. The molecule has 3 aromatic rings. The molecule has 0 saturated heterocycles. The summed E-state index contributed by atoms with van der Waals surface area (Å²) in [6.45, 7) is 11.8. The standard InChI is InChI=1S/C26H30Cl2N4O2/c1-16(2)31(25(34)19-12-11-18(27)13-20(19)28)15-24(33)29-23-14-22(26(4,5)6)30-32(23)21-10-8-7-9-17(21)3/h7-14,16H,15H2,1-6H3,(H,29,33). The van der Waals surface area contributed by atoms with Gasteiger partial charge in [-0.3, -0.25) is 9.59 Å². The molecule has 180 valence electrons. The predicted octanol–water partition coefficient (Wildman–Crippen LogP) is 6.27. The van der Waals surface area contributed by atoms with E-state index in [1.807, 2.05) is 51.1 Å². The van der Waals surface area contributed by atoms with Gasteiger partial charge < -0.3 is 10.2 Å².